The number of alkyl carbamates (subject to hydrolysis) is 1. The lowest BCUT2D eigenvalue weighted by atomic mass is 10.0. The lowest BCUT2D eigenvalue weighted by Crippen LogP contribution is -2.54. The number of hydrogen-bond acceptors (Lipinski definition) is 10. The van der Waals surface area contributed by atoms with Crippen LogP contribution in [-0.2, 0) is 30.5 Å². The molecule has 1 aromatic rings. The summed E-state index contributed by atoms with van der Waals surface area (Å²) in [6.07, 6.45) is 0.735. The Kier molecular flexibility index (Phi) is 22.5. The van der Waals surface area contributed by atoms with E-state index in [0.717, 1.165) is 6.54 Å². The van der Waals surface area contributed by atoms with Crippen LogP contribution >= 0.6 is 0 Å². The molecule has 0 fully saturated rings. The van der Waals surface area contributed by atoms with Crippen LogP contribution in [0.15, 0.2) is 30.9 Å². The van der Waals surface area contributed by atoms with Gasteiger partial charge in [-0.05, 0) is 76.7 Å². The summed E-state index contributed by atoms with van der Waals surface area (Å²) in [5, 5.41) is 16.2. The smallest absolute Gasteiger partial charge is 0.410 e. The minimum absolute atomic E-state index is 0.0656. The molecule has 0 spiro atoms. The quantitative estimate of drug-likeness (QED) is 0.0594. The Bertz CT molecular complexity index is 1550. The number of benzene rings is 1. The molecule has 0 aliphatic carbocycles. The number of nitrogens with two attached hydrogens (primary N) is 1. The maximum Gasteiger partial charge on any atom is 0.410 e. The van der Waals surface area contributed by atoms with Crippen molar-refractivity contribution in [1.29, 1.82) is 0 Å². The van der Waals surface area contributed by atoms with Crippen LogP contribution < -0.4 is 37.6 Å². The molecule has 0 aliphatic rings. The molecule has 18 heteroatoms. The normalized spacial score (nSPS) is 13.1. The Balaban J connectivity index is 3.40. The third kappa shape index (κ3) is 18.3. The lowest BCUT2D eigenvalue weighted by Gasteiger charge is -2.31. The van der Waals surface area contributed by atoms with Gasteiger partial charge < -0.3 is 52.0 Å². The monoisotopic (exact) mass is 818 g/mol. The molecule has 1 aromatic carbocycles. The molecule has 4 atom stereocenters. The van der Waals surface area contributed by atoms with Crippen molar-refractivity contribution in [2.24, 2.45) is 23.5 Å². The number of rotatable bonds is 24. The Morgan fingerprint density at radius 2 is 1.45 bits per heavy atom. The van der Waals surface area contributed by atoms with Gasteiger partial charge in [-0.25, -0.2) is 14.4 Å². The molecule has 0 saturated heterocycles. The van der Waals surface area contributed by atoms with Gasteiger partial charge in [0.05, 0.1) is 0 Å². The molecule has 18 nitrogen and oxygen atoms in total. The third-order valence-corrected chi connectivity index (χ3v) is 9.17. The van der Waals surface area contributed by atoms with Crippen molar-refractivity contribution in [1.82, 2.24) is 36.4 Å². The van der Waals surface area contributed by atoms with Crippen LogP contribution in [0.5, 0.6) is 0 Å². The molecule has 58 heavy (non-hydrogen) atoms. The van der Waals surface area contributed by atoms with E-state index in [1.165, 1.54) is 36.2 Å². The van der Waals surface area contributed by atoms with E-state index < -0.39 is 60.0 Å². The summed E-state index contributed by atoms with van der Waals surface area (Å²) in [5.74, 6) is -2.53. The standard InChI is InChI=1S/C40H67N9O9/c1-12-21-57-39(55)47-32(25(4)5)36(52)46-31(15-13-18-43-38(41)54)35(51)45-29-17-16-28(30(22-29)34(50)42-19-14-20-48(9)10)23-58-40(56)49(11)33(26(6)7)37(53)44-27(8)24(2)3/h12,16-17,22,24-27,31-33H,1,13-15,18-21,23H2,2-11H3,(H,42,50)(H,44,53)(H,45,51)(H,46,52)(H,47,55)(H3,41,43,54)/t27-,31+,32+,33+/m1/s1. The first-order chi connectivity index (χ1) is 27.2. The van der Waals surface area contributed by atoms with Crippen molar-refractivity contribution < 1.29 is 43.0 Å². The fraction of sp³-hybridized carbons (Fsp3) is 0.625. The zero-order valence-electron chi connectivity index (χ0n) is 35.9. The molecule has 0 unspecified atom stereocenters. The van der Waals surface area contributed by atoms with Crippen molar-refractivity contribution in [3.63, 3.8) is 0 Å². The Morgan fingerprint density at radius 1 is 0.793 bits per heavy atom. The number of amides is 8. The summed E-state index contributed by atoms with van der Waals surface area (Å²) < 4.78 is 10.6. The highest BCUT2D eigenvalue weighted by atomic mass is 16.6. The molecule has 0 saturated carbocycles. The van der Waals surface area contributed by atoms with Crippen LogP contribution in [0, 0.1) is 17.8 Å². The van der Waals surface area contributed by atoms with Gasteiger partial charge in [0.25, 0.3) is 5.91 Å². The number of primary amides is 1. The Hall–Kier alpha value is -5.39. The van der Waals surface area contributed by atoms with E-state index >= 15 is 0 Å². The minimum atomic E-state index is -1.15. The van der Waals surface area contributed by atoms with E-state index in [0.29, 0.717) is 18.5 Å². The SMILES string of the molecule is C=CCOC(=O)N[C@H](C(=O)N[C@@H](CCCNC(N)=O)C(=O)Nc1ccc(COC(=O)N(C)[C@H](C(=O)N[C@H](C)C(C)C)C(C)C)c(C(=O)NCCCN(C)C)c1)C(C)C. The van der Waals surface area contributed by atoms with Crippen molar-refractivity contribution >= 4 is 47.5 Å². The van der Waals surface area contributed by atoms with Gasteiger partial charge in [-0.2, -0.15) is 0 Å². The summed E-state index contributed by atoms with van der Waals surface area (Å²) >= 11 is 0. The fourth-order valence-electron chi connectivity index (χ4n) is 5.56. The number of carbonyl (C=O) groups is 7. The molecule has 0 bridgehead atoms. The molecule has 0 heterocycles. The summed E-state index contributed by atoms with van der Waals surface area (Å²) in [6.45, 7) is 17.2. The van der Waals surface area contributed by atoms with Crippen molar-refractivity contribution in [3.05, 3.63) is 42.0 Å². The summed E-state index contributed by atoms with van der Waals surface area (Å²) in [5.41, 5.74) is 5.84. The fourth-order valence-corrected chi connectivity index (χ4v) is 5.56. The van der Waals surface area contributed by atoms with Gasteiger partial charge in [-0.3, -0.25) is 24.1 Å². The topological polar surface area (TPSA) is 243 Å². The summed E-state index contributed by atoms with van der Waals surface area (Å²) in [6, 6.07) is 0.596. The minimum Gasteiger partial charge on any atom is -0.445 e. The van der Waals surface area contributed by atoms with Crippen LogP contribution in [0.1, 0.15) is 83.7 Å². The van der Waals surface area contributed by atoms with E-state index in [1.807, 2.05) is 53.6 Å². The molecule has 0 aromatic heterocycles. The Morgan fingerprint density at radius 3 is 2.02 bits per heavy atom. The highest BCUT2D eigenvalue weighted by Crippen LogP contribution is 2.20. The number of ether oxygens (including phenoxy) is 2. The molecular formula is C40H67N9O9. The number of nitrogens with zero attached hydrogens (tertiary/aromatic N) is 2. The van der Waals surface area contributed by atoms with Gasteiger partial charge in [0.15, 0.2) is 0 Å². The summed E-state index contributed by atoms with van der Waals surface area (Å²) in [7, 11) is 5.31. The van der Waals surface area contributed by atoms with Crippen LogP contribution in [0.25, 0.3) is 0 Å². The van der Waals surface area contributed by atoms with Crippen LogP contribution in [0.4, 0.5) is 20.1 Å². The number of urea groups is 1. The predicted octanol–water partition coefficient (Wildman–Crippen LogP) is 2.93. The maximum atomic E-state index is 13.8. The maximum absolute atomic E-state index is 13.8. The van der Waals surface area contributed by atoms with Crippen molar-refractivity contribution in [3.8, 4) is 0 Å². The largest absolute Gasteiger partial charge is 0.445 e. The molecule has 326 valence electrons. The molecular weight excluding hydrogens is 750 g/mol. The van der Waals surface area contributed by atoms with Crippen molar-refractivity contribution in [2.75, 3.05) is 52.7 Å². The third-order valence-electron chi connectivity index (χ3n) is 9.17. The second-order valence-electron chi connectivity index (χ2n) is 15.4. The highest BCUT2D eigenvalue weighted by Gasteiger charge is 2.33. The first kappa shape index (κ1) is 50.6. The first-order valence-electron chi connectivity index (χ1n) is 19.6. The van der Waals surface area contributed by atoms with E-state index in [9.17, 15) is 33.6 Å². The van der Waals surface area contributed by atoms with E-state index in [2.05, 4.69) is 38.5 Å². The average molecular weight is 818 g/mol. The molecule has 1 rings (SSSR count). The zero-order valence-corrected chi connectivity index (χ0v) is 35.9. The first-order valence-corrected chi connectivity index (χ1v) is 19.6. The van der Waals surface area contributed by atoms with Gasteiger partial charge >= 0.3 is 18.2 Å². The highest BCUT2D eigenvalue weighted by molar-refractivity contribution is 6.01. The molecule has 8 N–H and O–H groups in total. The predicted molar refractivity (Wildman–Crippen MR) is 222 cm³/mol. The molecule has 8 amide bonds. The van der Waals surface area contributed by atoms with Gasteiger partial charge in [0, 0.05) is 43.0 Å². The zero-order chi connectivity index (χ0) is 44.1. The number of nitrogens with one attached hydrogen (secondary N) is 6. The number of likely N-dealkylation sites (N-methyl/N-ethyl adjacent to an activating group) is 1. The van der Waals surface area contributed by atoms with Gasteiger partial charge in [-0.1, -0.05) is 60.3 Å². The van der Waals surface area contributed by atoms with E-state index in [1.54, 1.807) is 13.8 Å². The van der Waals surface area contributed by atoms with Crippen molar-refractivity contribution in [2.45, 2.75) is 98.5 Å². The molecule has 0 radical (unpaired) electrons. The number of hydrogen-bond donors (Lipinski definition) is 7. The van der Waals surface area contributed by atoms with E-state index in [4.69, 9.17) is 15.2 Å². The molecule has 0 aliphatic heterocycles. The lowest BCUT2D eigenvalue weighted by molar-refractivity contribution is -0.128. The van der Waals surface area contributed by atoms with Gasteiger partial charge in [-0.15, -0.1) is 0 Å². The van der Waals surface area contributed by atoms with Gasteiger partial charge in [0.2, 0.25) is 17.7 Å². The van der Waals surface area contributed by atoms with Crippen LogP contribution in [0.3, 0.4) is 0 Å². The average Bonchev–Trinajstić information content (AvgIpc) is 3.14. The Labute approximate surface area is 343 Å². The second-order valence-corrected chi connectivity index (χ2v) is 15.4. The number of carbonyl (C=O) groups excluding carboxylic acids is 7. The van der Waals surface area contributed by atoms with Crippen LogP contribution in [-0.4, -0.2) is 123 Å². The van der Waals surface area contributed by atoms with E-state index in [-0.39, 0.29) is 67.6 Å². The van der Waals surface area contributed by atoms with Gasteiger partial charge in [0.1, 0.15) is 31.3 Å². The second kappa shape index (κ2) is 25.8. The van der Waals surface area contributed by atoms with Crippen LogP contribution in [0.2, 0.25) is 0 Å². The number of anilines is 1. The summed E-state index contributed by atoms with van der Waals surface area (Å²) in [4.78, 5) is 94.0.